The van der Waals surface area contributed by atoms with Gasteiger partial charge in [0.25, 0.3) is 0 Å². The van der Waals surface area contributed by atoms with E-state index >= 15 is 0 Å². The van der Waals surface area contributed by atoms with E-state index in [0.717, 1.165) is 23.3 Å². The molecule has 1 atom stereocenters. The molecule has 2 N–H and O–H groups in total. The Morgan fingerprint density at radius 3 is 2.62 bits per heavy atom. The zero-order valence-electron chi connectivity index (χ0n) is 12.8. The number of ether oxygens (including phenoxy) is 1. The predicted molar refractivity (Wildman–Crippen MR) is 84.4 cm³/mol. The molecule has 2 aromatic carbocycles. The van der Waals surface area contributed by atoms with Crippen LogP contribution in [0.5, 0.6) is 11.5 Å². The third kappa shape index (κ3) is 3.82. The first kappa shape index (κ1) is 15.5. The van der Waals surface area contributed by atoms with Gasteiger partial charge in [-0.3, -0.25) is 0 Å². The van der Waals surface area contributed by atoms with Crippen LogP contribution in [0, 0.1) is 19.7 Å². The van der Waals surface area contributed by atoms with E-state index in [1.54, 1.807) is 12.1 Å². The summed E-state index contributed by atoms with van der Waals surface area (Å²) in [5.74, 6) is 1.04. The minimum absolute atomic E-state index is 0.0668. The van der Waals surface area contributed by atoms with Crippen LogP contribution in [0.25, 0.3) is 0 Å². The van der Waals surface area contributed by atoms with E-state index in [4.69, 9.17) is 10.5 Å². The second-order valence-corrected chi connectivity index (χ2v) is 5.46. The van der Waals surface area contributed by atoms with Crippen LogP contribution >= 0.6 is 0 Å². The molecular formula is C18H22FNO. The number of nitrogens with two attached hydrogens (primary N) is 1. The van der Waals surface area contributed by atoms with E-state index in [2.05, 4.69) is 0 Å². The highest BCUT2D eigenvalue weighted by Crippen LogP contribution is 2.30. The second-order valence-electron chi connectivity index (χ2n) is 5.46. The van der Waals surface area contributed by atoms with Crippen molar-refractivity contribution >= 4 is 0 Å². The van der Waals surface area contributed by atoms with Gasteiger partial charge in [0.15, 0.2) is 0 Å². The molecule has 2 rings (SSSR count). The molecule has 0 aliphatic carbocycles. The number of benzene rings is 2. The van der Waals surface area contributed by atoms with Gasteiger partial charge in [-0.05, 0) is 56.0 Å². The van der Waals surface area contributed by atoms with Crippen molar-refractivity contribution < 1.29 is 9.13 Å². The molecule has 0 heterocycles. The van der Waals surface area contributed by atoms with Gasteiger partial charge in [-0.25, -0.2) is 4.39 Å². The van der Waals surface area contributed by atoms with Crippen LogP contribution in [0.15, 0.2) is 36.4 Å². The minimum Gasteiger partial charge on any atom is -0.457 e. The van der Waals surface area contributed by atoms with Crippen molar-refractivity contribution in [1.29, 1.82) is 0 Å². The molecular weight excluding hydrogens is 265 g/mol. The normalized spacial score (nSPS) is 12.2. The molecule has 0 saturated carbocycles. The molecule has 0 aromatic heterocycles. The number of halogens is 1. The van der Waals surface area contributed by atoms with Crippen molar-refractivity contribution in [3.05, 3.63) is 58.9 Å². The van der Waals surface area contributed by atoms with Crippen molar-refractivity contribution in [3.63, 3.8) is 0 Å². The molecule has 112 valence electrons. The van der Waals surface area contributed by atoms with E-state index < -0.39 is 0 Å². The maximum atomic E-state index is 14.1. The summed E-state index contributed by atoms with van der Waals surface area (Å²) < 4.78 is 20.0. The standard InChI is InChI=1S/C18H22FNO/c1-4-14(20)11-15-16(19)6-5-7-17(15)21-18-10-12(2)8-9-13(18)3/h5-10,14H,4,11,20H2,1-3H3. The van der Waals surface area contributed by atoms with Crippen molar-refractivity contribution in [2.75, 3.05) is 0 Å². The first-order valence-electron chi connectivity index (χ1n) is 7.29. The monoisotopic (exact) mass is 287 g/mol. The molecule has 0 fully saturated rings. The van der Waals surface area contributed by atoms with Crippen LogP contribution < -0.4 is 10.5 Å². The molecule has 0 aliphatic rings. The van der Waals surface area contributed by atoms with E-state index in [0.29, 0.717) is 17.7 Å². The lowest BCUT2D eigenvalue weighted by Gasteiger charge is -2.16. The molecule has 1 unspecified atom stereocenters. The Labute approximate surface area is 125 Å². The van der Waals surface area contributed by atoms with E-state index in [-0.39, 0.29) is 11.9 Å². The Bertz CT molecular complexity index is 625. The smallest absolute Gasteiger partial charge is 0.133 e. The summed E-state index contributed by atoms with van der Waals surface area (Å²) in [6.07, 6.45) is 1.28. The number of hydrogen-bond donors (Lipinski definition) is 1. The van der Waals surface area contributed by atoms with E-state index in [9.17, 15) is 4.39 Å². The lowest BCUT2D eigenvalue weighted by atomic mass is 10.0. The van der Waals surface area contributed by atoms with Gasteiger partial charge >= 0.3 is 0 Å². The maximum Gasteiger partial charge on any atom is 0.133 e. The van der Waals surface area contributed by atoms with Gasteiger partial charge in [0.2, 0.25) is 0 Å². The van der Waals surface area contributed by atoms with Crippen LogP contribution in [0.1, 0.15) is 30.0 Å². The third-order valence-corrected chi connectivity index (χ3v) is 3.63. The molecule has 0 amide bonds. The quantitative estimate of drug-likeness (QED) is 0.877. The molecule has 0 bridgehead atoms. The van der Waals surface area contributed by atoms with Crippen LogP contribution in [0.3, 0.4) is 0 Å². The summed E-state index contributed by atoms with van der Waals surface area (Å²) in [5.41, 5.74) is 8.65. The fourth-order valence-electron chi connectivity index (χ4n) is 2.17. The van der Waals surface area contributed by atoms with Crippen molar-refractivity contribution in [2.24, 2.45) is 5.73 Å². The number of rotatable bonds is 5. The van der Waals surface area contributed by atoms with Crippen molar-refractivity contribution in [3.8, 4) is 11.5 Å². The molecule has 2 nitrogen and oxygen atoms in total. The van der Waals surface area contributed by atoms with Gasteiger partial charge in [-0.1, -0.05) is 25.1 Å². The first-order chi connectivity index (χ1) is 10.0. The lowest BCUT2D eigenvalue weighted by molar-refractivity contribution is 0.458. The maximum absolute atomic E-state index is 14.1. The zero-order chi connectivity index (χ0) is 15.4. The molecule has 21 heavy (non-hydrogen) atoms. The highest BCUT2D eigenvalue weighted by molar-refractivity contribution is 5.43. The van der Waals surface area contributed by atoms with Crippen LogP contribution in [0.2, 0.25) is 0 Å². The summed E-state index contributed by atoms with van der Waals surface area (Å²) in [7, 11) is 0. The SMILES string of the molecule is CCC(N)Cc1c(F)cccc1Oc1cc(C)ccc1C. The molecule has 0 aliphatic heterocycles. The Morgan fingerprint density at radius 2 is 1.90 bits per heavy atom. The Balaban J connectivity index is 2.35. The van der Waals surface area contributed by atoms with Gasteiger partial charge in [-0.2, -0.15) is 0 Å². The van der Waals surface area contributed by atoms with Gasteiger partial charge in [0, 0.05) is 11.6 Å². The fraction of sp³-hybridized carbons (Fsp3) is 0.333. The highest BCUT2D eigenvalue weighted by atomic mass is 19.1. The average Bonchev–Trinajstić information content (AvgIpc) is 2.46. The molecule has 2 aromatic rings. The first-order valence-corrected chi connectivity index (χ1v) is 7.29. The van der Waals surface area contributed by atoms with E-state index in [1.165, 1.54) is 6.07 Å². The molecule has 3 heteroatoms. The van der Waals surface area contributed by atoms with Gasteiger partial charge in [-0.15, -0.1) is 0 Å². The summed E-state index contributed by atoms with van der Waals surface area (Å²) in [4.78, 5) is 0. The van der Waals surface area contributed by atoms with Gasteiger partial charge in [0.1, 0.15) is 17.3 Å². The van der Waals surface area contributed by atoms with Crippen LogP contribution in [0.4, 0.5) is 4.39 Å². The largest absolute Gasteiger partial charge is 0.457 e. The fourth-order valence-corrected chi connectivity index (χ4v) is 2.17. The van der Waals surface area contributed by atoms with Crippen molar-refractivity contribution in [2.45, 2.75) is 39.7 Å². The molecule has 0 saturated heterocycles. The third-order valence-electron chi connectivity index (χ3n) is 3.63. The van der Waals surface area contributed by atoms with Crippen LogP contribution in [-0.2, 0) is 6.42 Å². The summed E-state index contributed by atoms with van der Waals surface area (Å²) >= 11 is 0. The van der Waals surface area contributed by atoms with Crippen molar-refractivity contribution in [1.82, 2.24) is 0 Å². The lowest BCUT2D eigenvalue weighted by Crippen LogP contribution is -2.22. The predicted octanol–water partition coefficient (Wildman–Crippen LogP) is 4.51. The van der Waals surface area contributed by atoms with Gasteiger partial charge in [0.05, 0.1) is 0 Å². The molecule has 0 radical (unpaired) electrons. The van der Waals surface area contributed by atoms with Gasteiger partial charge < -0.3 is 10.5 Å². The Kier molecular flexibility index (Phi) is 4.97. The second kappa shape index (κ2) is 6.72. The summed E-state index contributed by atoms with van der Waals surface area (Å²) in [5, 5.41) is 0. The van der Waals surface area contributed by atoms with E-state index in [1.807, 2.05) is 39.0 Å². The zero-order valence-corrected chi connectivity index (χ0v) is 12.8. The Morgan fingerprint density at radius 1 is 1.14 bits per heavy atom. The average molecular weight is 287 g/mol. The van der Waals surface area contributed by atoms with Crippen LogP contribution in [-0.4, -0.2) is 6.04 Å². The topological polar surface area (TPSA) is 35.2 Å². The molecule has 0 spiro atoms. The number of aryl methyl sites for hydroxylation is 2. The highest BCUT2D eigenvalue weighted by Gasteiger charge is 2.14. The summed E-state index contributed by atoms with van der Waals surface area (Å²) in [6.45, 7) is 5.98. The number of hydrogen-bond acceptors (Lipinski definition) is 2. The Hall–Kier alpha value is -1.87. The minimum atomic E-state index is -0.262. The summed E-state index contributed by atoms with van der Waals surface area (Å²) in [6, 6.07) is 10.8.